The predicted molar refractivity (Wildman–Crippen MR) is 80.0 cm³/mol. The highest BCUT2D eigenvalue weighted by molar-refractivity contribution is 9.10. The summed E-state index contributed by atoms with van der Waals surface area (Å²) in [6.45, 7) is 0.205. The van der Waals surface area contributed by atoms with E-state index < -0.39 is 10.0 Å². The van der Waals surface area contributed by atoms with Gasteiger partial charge in [-0.2, -0.15) is 0 Å². The monoisotopic (exact) mass is 386 g/mol. The number of hydrogen-bond donors (Lipinski definition) is 2. The van der Waals surface area contributed by atoms with Gasteiger partial charge in [0.15, 0.2) is 0 Å². The maximum Gasteiger partial charge on any atom is 0.242 e. The maximum absolute atomic E-state index is 12.1. The molecule has 8 heteroatoms. The molecule has 1 saturated carbocycles. The van der Waals surface area contributed by atoms with Crippen molar-refractivity contribution in [2.45, 2.75) is 23.8 Å². The van der Waals surface area contributed by atoms with Crippen molar-refractivity contribution in [3.63, 3.8) is 0 Å². The Kier molecular flexibility index (Phi) is 4.80. The molecule has 0 aromatic heterocycles. The van der Waals surface area contributed by atoms with Gasteiger partial charge in [0, 0.05) is 17.1 Å². The van der Waals surface area contributed by atoms with Gasteiger partial charge in [-0.25, -0.2) is 13.1 Å². The molecule has 1 aromatic rings. The first-order chi connectivity index (χ1) is 8.83. The van der Waals surface area contributed by atoms with Crippen molar-refractivity contribution < 1.29 is 8.42 Å². The summed E-state index contributed by atoms with van der Waals surface area (Å²) in [5.74, 6) is 0.423. The van der Waals surface area contributed by atoms with Crippen molar-refractivity contribution in [1.29, 1.82) is 0 Å². The molecule has 4 nitrogen and oxygen atoms in total. The van der Waals surface area contributed by atoms with Gasteiger partial charge < -0.3 is 5.73 Å². The second-order valence-electron chi connectivity index (χ2n) is 4.53. The third-order valence-electron chi connectivity index (χ3n) is 3.03. The molecule has 19 heavy (non-hydrogen) atoms. The Morgan fingerprint density at radius 1 is 1.37 bits per heavy atom. The molecule has 0 aliphatic heterocycles. The molecule has 0 heterocycles. The molecule has 0 spiro atoms. The minimum absolute atomic E-state index is 0.00327. The average molecular weight is 388 g/mol. The molecule has 0 bridgehead atoms. The SMILES string of the molecule is NC(CNS(=O)(=O)c1ccc(Br)c(Cl)c1Cl)C1CC1. The van der Waals surface area contributed by atoms with Crippen molar-refractivity contribution >= 4 is 49.2 Å². The number of rotatable bonds is 5. The second-order valence-corrected chi connectivity index (χ2v) is 7.87. The normalized spacial score (nSPS) is 17.5. The molecule has 0 amide bonds. The van der Waals surface area contributed by atoms with Crippen LogP contribution in [0, 0.1) is 5.92 Å². The van der Waals surface area contributed by atoms with E-state index in [1.165, 1.54) is 6.07 Å². The summed E-state index contributed by atoms with van der Waals surface area (Å²) in [5, 5.41) is 0.180. The quantitative estimate of drug-likeness (QED) is 0.763. The zero-order chi connectivity index (χ0) is 14.2. The summed E-state index contributed by atoms with van der Waals surface area (Å²) in [5.41, 5.74) is 5.86. The fourth-order valence-corrected chi connectivity index (χ4v) is 3.98. The first-order valence-electron chi connectivity index (χ1n) is 5.71. The third kappa shape index (κ3) is 3.62. The molecule has 1 fully saturated rings. The molecule has 1 aromatic carbocycles. The van der Waals surface area contributed by atoms with E-state index >= 15 is 0 Å². The Bertz CT molecular complexity index is 591. The zero-order valence-corrected chi connectivity index (χ0v) is 13.8. The molecule has 1 aliphatic rings. The van der Waals surface area contributed by atoms with E-state index in [1.54, 1.807) is 6.07 Å². The molecule has 0 radical (unpaired) electrons. The summed E-state index contributed by atoms with van der Waals surface area (Å²) < 4.78 is 27.3. The second kappa shape index (κ2) is 5.87. The van der Waals surface area contributed by atoms with Crippen LogP contribution in [0.3, 0.4) is 0 Å². The number of nitrogens with two attached hydrogens (primary N) is 1. The smallest absolute Gasteiger partial charge is 0.242 e. The van der Waals surface area contributed by atoms with Crippen molar-refractivity contribution in [2.75, 3.05) is 6.54 Å². The molecule has 3 N–H and O–H groups in total. The van der Waals surface area contributed by atoms with E-state index in [-0.39, 0.29) is 27.5 Å². The highest BCUT2D eigenvalue weighted by atomic mass is 79.9. The summed E-state index contributed by atoms with van der Waals surface area (Å²) in [6, 6.07) is 2.80. The van der Waals surface area contributed by atoms with Crippen LogP contribution in [0.1, 0.15) is 12.8 Å². The Morgan fingerprint density at radius 2 is 2.00 bits per heavy atom. The lowest BCUT2D eigenvalue weighted by molar-refractivity contribution is 0.548. The highest BCUT2D eigenvalue weighted by Crippen LogP contribution is 2.35. The van der Waals surface area contributed by atoms with Gasteiger partial charge in [-0.05, 0) is 46.8 Å². The van der Waals surface area contributed by atoms with Crippen LogP contribution in [0.15, 0.2) is 21.5 Å². The van der Waals surface area contributed by atoms with Gasteiger partial charge in [0.1, 0.15) is 4.90 Å². The van der Waals surface area contributed by atoms with Gasteiger partial charge in [-0.3, -0.25) is 0 Å². The van der Waals surface area contributed by atoms with E-state index in [1.807, 2.05) is 0 Å². The van der Waals surface area contributed by atoms with E-state index in [0.717, 1.165) is 12.8 Å². The van der Waals surface area contributed by atoms with Gasteiger partial charge in [-0.15, -0.1) is 0 Å². The first-order valence-corrected chi connectivity index (χ1v) is 8.75. The Balaban J connectivity index is 2.17. The standard InChI is InChI=1S/C11H13BrCl2N2O2S/c12-7-3-4-9(11(14)10(7)13)19(17,18)16-5-8(15)6-1-2-6/h3-4,6,8,16H,1-2,5,15H2. The first kappa shape index (κ1) is 15.5. The van der Waals surface area contributed by atoms with Gasteiger partial charge >= 0.3 is 0 Å². The number of hydrogen-bond acceptors (Lipinski definition) is 3. The lowest BCUT2D eigenvalue weighted by Crippen LogP contribution is -2.38. The summed E-state index contributed by atoms with van der Waals surface area (Å²) in [6.07, 6.45) is 2.13. The van der Waals surface area contributed by atoms with Crippen LogP contribution < -0.4 is 10.5 Å². The number of benzene rings is 1. The topological polar surface area (TPSA) is 72.2 Å². The molecule has 106 valence electrons. The zero-order valence-electron chi connectivity index (χ0n) is 9.87. The van der Waals surface area contributed by atoms with Crippen LogP contribution in [-0.4, -0.2) is 21.0 Å². The minimum Gasteiger partial charge on any atom is -0.326 e. The van der Waals surface area contributed by atoms with Crippen molar-refractivity contribution in [3.05, 3.63) is 26.7 Å². The van der Waals surface area contributed by atoms with Gasteiger partial charge in [0.05, 0.1) is 10.0 Å². The molecule has 1 atom stereocenters. The van der Waals surface area contributed by atoms with Gasteiger partial charge in [0.2, 0.25) is 10.0 Å². The van der Waals surface area contributed by atoms with Crippen molar-refractivity contribution in [2.24, 2.45) is 11.7 Å². The Hall–Kier alpha value is 0.150. The molecular weight excluding hydrogens is 375 g/mol. The Labute approximate surface area is 130 Å². The summed E-state index contributed by atoms with van der Waals surface area (Å²) in [7, 11) is -3.70. The summed E-state index contributed by atoms with van der Waals surface area (Å²) >= 11 is 15.1. The third-order valence-corrected chi connectivity index (χ3v) is 6.37. The van der Waals surface area contributed by atoms with E-state index in [0.29, 0.717) is 10.4 Å². The minimum atomic E-state index is -3.70. The van der Waals surface area contributed by atoms with Crippen LogP contribution in [0.5, 0.6) is 0 Å². The van der Waals surface area contributed by atoms with E-state index in [9.17, 15) is 8.42 Å². The molecule has 0 saturated heterocycles. The maximum atomic E-state index is 12.1. The van der Waals surface area contributed by atoms with Crippen LogP contribution in [0.25, 0.3) is 0 Å². The molecule has 2 rings (SSSR count). The average Bonchev–Trinajstić information content (AvgIpc) is 3.17. The summed E-state index contributed by atoms with van der Waals surface area (Å²) in [4.78, 5) is -0.0367. The van der Waals surface area contributed by atoms with Crippen LogP contribution in [0.2, 0.25) is 10.0 Å². The van der Waals surface area contributed by atoms with Crippen LogP contribution in [-0.2, 0) is 10.0 Å². The van der Waals surface area contributed by atoms with E-state index in [4.69, 9.17) is 28.9 Å². The van der Waals surface area contributed by atoms with Crippen LogP contribution in [0.4, 0.5) is 0 Å². The fraction of sp³-hybridized carbons (Fsp3) is 0.455. The number of nitrogens with one attached hydrogen (secondary N) is 1. The Morgan fingerprint density at radius 3 is 2.58 bits per heavy atom. The highest BCUT2D eigenvalue weighted by Gasteiger charge is 2.30. The molecule has 1 aliphatic carbocycles. The lowest BCUT2D eigenvalue weighted by Gasteiger charge is -2.13. The van der Waals surface area contributed by atoms with Gasteiger partial charge in [0.25, 0.3) is 0 Å². The van der Waals surface area contributed by atoms with Crippen molar-refractivity contribution in [1.82, 2.24) is 4.72 Å². The largest absolute Gasteiger partial charge is 0.326 e. The van der Waals surface area contributed by atoms with Crippen molar-refractivity contribution in [3.8, 4) is 0 Å². The number of halogens is 3. The van der Waals surface area contributed by atoms with Gasteiger partial charge in [-0.1, -0.05) is 23.2 Å². The predicted octanol–water partition coefficient (Wildman–Crippen LogP) is 2.77. The van der Waals surface area contributed by atoms with Crippen LogP contribution >= 0.6 is 39.1 Å². The molecular formula is C11H13BrCl2N2O2S. The fourth-order valence-electron chi connectivity index (χ4n) is 1.69. The van der Waals surface area contributed by atoms with E-state index in [2.05, 4.69) is 20.7 Å². The lowest BCUT2D eigenvalue weighted by atomic mass is 10.2. The number of sulfonamides is 1. The molecule has 1 unspecified atom stereocenters.